The molecule has 0 fully saturated rings. The Labute approximate surface area is 146 Å². The van der Waals surface area contributed by atoms with Crippen molar-refractivity contribution in [3.8, 4) is 5.69 Å². The van der Waals surface area contributed by atoms with Crippen LogP contribution in [0.4, 0.5) is 0 Å². The van der Waals surface area contributed by atoms with Crippen molar-refractivity contribution in [3.63, 3.8) is 0 Å². The van der Waals surface area contributed by atoms with Crippen LogP contribution in [-0.4, -0.2) is 33.8 Å². The molecule has 0 radical (unpaired) electrons. The summed E-state index contributed by atoms with van der Waals surface area (Å²) in [6, 6.07) is 12.0. The molecular formula is C18H22N6O. The molecule has 0 bridgehead atoms. The lowest BCUT2D eigenvalue weighted by molar-refractivity contribution is 0.507. The third kappa shape index (κ3) is 4.94. The van der Waals surface area contributed by atoms with Gasteiger partial charge in [-0.15, -0.1) is 0 Å². The monoisotopic (exact) mass is 338 g/mol. The SMILES string of the molecule is CCNC(=NCc1ccc(-n2cncn2)cc1)NCCc1ccco1. The van der Waals surface area contributed by atoms with Crippen LogP contribution in [0, 0.1) is 0 Å². The van der Waals surface area contributed by atoms with Gasteiger partial charge in [0, 0.05) is 19.5 Å². The van der Waals surface area contributed by atoms with Crippen LogP contribution in [0.2, 0.25) is 0 Å². The predicted molar refractivity (Wildman–Crippen MR) is 96.6 cm³/mol. The average Bonchev–Trinajstić information content (AvgIpc) is 3.34. The van der Waals surface area contributed by atoms with Gasteiger partial charge in [0.15, 0.2) is 5.96 Å². The van der Waals surface area contributed by atoms with Crippen molar-refractivity contribution in [3.05, 3.63) is 66.6 Å². The zero-order chi connectivity index (χ0) is 17.3. The van der Waals surface area contributed by atoms with E-state index >= 15 is 0 Å². The van der Waals surface area contributed by atoms with Gasteiger partial charge in [0.2, 0.25) is 0 Å². The van der Waals surface area contributed by atoms with Crippen molar-refractivity contribution in [1.29, 1.82) is 0 Å². The van der Waals surface area contributed by atoms with Crippen LogP contribution in [0.1, 0.15) is 18.2 Å². The van der Waals surface area contributed by atoms with Gasteiger partial charge in [-0.25, -0.2) is 14.7 Å². The van der Waals surface area contributed by atoms with Crippen LogP contribution in [0.15, 0.2) is 64.7 Å². The molecule has 130 valence electrons. The summed E-state index contributed by atoms with van der Waals surface area (Å²) in [6.07, 6.45) is 5.72. The second kappa shape index (κ2) is 8.68. The van der Waals surface area contributed by atoms with Crippen molar-refractivity contribution < 1.29 is 4.42 Å². The lowest BCUT2D eigenvalue weighted by Gasteiger charge is -2.10. The summed E-state index contributed by atoms with van der Waals surface area (Å²) in [7, 11) is 0. The Morgan fingerprint density at radius 1 is 1.20 bits per heavy atom. The van der Waals surface area contributed by atoms with Gasteiger partial charge in [0.05, 0.1) is 18.5 Å². The Hall–Kier alpha value is -3.09. The van der Waals surface area contributed by atoms with Crippen molar-refractivity contribution in [2.45, 2.75) is 19.9 Å². The second-order valence-corrected chi connectivity index (χ2v) is 5.46. The normalized spacial score (nSPS) is 11.5. The number of aromatic nitrogens is 3. The zero-order valence-electron chi connectivity index (χ0n) is 14.2. The number of guanidine groups is 1. The molecule has 0 aliphatic rings. The predicted octanol–water partition coefficient (Wildman–Crippen LogP) is 2.16. The van der Waals surface area contributed by atoms with Crippen molar-refractivity contribution in [2.75, 3.05) is 13.1 Å². The fraction of sp³-hybridized carbons (Fsp3) is 0.278. The van der Waals surface area contributed by atoms with E-state index in [-0.39, 0.29) is 0 Å². The highest BCUT2D eigenvalue weighted by Gasteiger charge is 2.01. The first kappa shape index (κ1) is 16.8. The van der Waals surface area contributed by atoms with Crippen LogP contribution in [-0.2, 0) is 13.0 Å². The maximum atomic E-state index is 5.33. The summed E-state index contributed by atoms with van der Waals surface area (Å²) in [5, 5.41) is 10.7. The number of benzene rings is 1. The van der Waals surface area contributed by atoms with Gasteiger partial charge in [-0.3, -0.25) is 0 Å². The highest BCUT2D eigenvalue weighted by Crippen LogP contribution is 2.09. The third-order valence-corrected chi connectivity index (χ3v) is 3.63. The molecule has 3 rings (SSSR count). The Morgan fingerprint density at radius 3 is 2.76 bits per heavy atom. The molecule has 0 amide bonds. The Kier molecular flexibility index (Phi) is 5.82. The fourth-order valence-corrected chi connectivity index (χ4v) is 2.37. The van der Waals surface area contributed by atoms with Gasteiger partial charge >= 0.3 is 0 Å². The summed E-state index contributed by atoms with van der Waals surface area (Å²) in [6.45, 7) is 4.24. The maximum Gasteiger partial charge on any atom is 0.191 e. The molecule has 0 spiro atoms. The van der Waals surface area contributed by atoms with E-state index in [4.69, 9.17) is 4.42 Å². The van der Waals surface area contributed by atoms with E-state index in [2.05, 4.69) is 32.6 Å². The smallest absolute Gasteiger partial charge is 0.191 e. The molecule has 1 aromatic carbocycles. The summed E-state index contributed by atoms with van der Waals surface area (Å²) in [5.41, 5.74) is 2.11. The molecule has 0 aliphatic carbocycles. The van der Waals surface area contributed by atoms with E-state index in [9.17, 15) is 0 Å². The van der Waals surface area contributed by atoms with E-state index in [1.807, 2.05) is 36.4 Å². The number of hydrogen-bond acceptors (Lipinski definition) is 4. The molecule has 0 saturated carbocycles. The van der Waals surface area contributed by atoms with Crippen LogP contribution in [0.5, 0.6) is 0 Å². The molecule has 2 aromatic heterocycles. The quantitative estimate of drug-likeness (QED) is 0.510. The highest BCUT2D eigenvalue weighted by atomic mass is 16.3. The van der Waals surface area contributed by atoms with E-state index in [0.717, 1.165) is 42.5 Å². The number of aliphatic imine (C=N–C) groups is 1. The summed E-state index contributed by atoms with van der Waals surface area (Å²) in [5.74, 6) is 1.77. The zero-order valence-corrected chi connectivity index (χ0v) is 14.2. The van der Waals surface area contributed by atoms with Crippen molar-refractivity contribution >= 4 is 5.96 Å². The number of hydrogen-bond donors (Lipinski definition) is 2. The van der Waals surface area contributed by atoms with Crippen LogP contribution in [0.3, 0.4) is 0 Å². The lowest BCUT2D eigenvalue weighted by Crippen LogP contribution is -2.38. The summed E-state index contributed by atoms with van der Waals surface area (Å²) < 4.78 is 7.06. The molecule has 0 atom stereocenters. The Balaban J connectivity index is 1.55. The van der Waals surface area contributed by atoms with Crippen LogP contribution >= 0.6 is 0 Å². The van der Waals surface area contributed by atoms with Gasteiger partial charge < -0.3 is 15.1 Å². The minimum Gasteiger partial charge on any atom is -0.469 e. The first-order valence-electron chi connectivity index (χ1n) is 8.33. The minimum atomic E-state index is 0.605. The molecule has 7 nitrogen and oxygen atoms in total. The first-order chi connectivity index (χ1) is 12.3. The van der Waals surface area contributed by atoms with E-state index in [0.29, 0.717) is 6.54 Å². The van der Waals surface area contributed by atoms with Gasteiger partial charge in [-0.05, 0) is 36.8 Å². The van der Waals surface area contributed by atoms with Crippen LogP contribution in [0.25, 0.3) is 5.69 Å². The molecule has 0 saturated heterocycles. The summed E-state index contributed by atoms with van der Waals surface area (Å²) in [4.78, 5) is 8.58. The van der Waals surface area contributed by atoms with Crippen molar-refractivity contribution in [2.24, 2.45) is 4.99 Å². The Bertz CT molecular complexity index is 763. The van der Waals surface area contributed by atoms with Crippen LogP contribution < -0.4 is 10.6 Å². The topological polar surface area (TPSA) is 80.3 Å². The number of nitrogens with one attached hydrogen (secondary N) is 2. The van der Waals surface area contributed by atoms with Crippen molar-refractivity contribution in [1.82, 2.24) is 25.4 Å². The molecule has 3 aromatic rings. The largest absolute Gasteiger partial charge is 0.469 e. The Morgan fingerprint density at radius 2 is 2.08 bits per heavy atom. The second-order valence-electron chi connectivity index (χ2n) is 5.46. The van der Waals surface area contributed by atoms with Gasteiger partial charge in [0.1, 0.15) is 18.4 Å². The molecule has 7 heteroatoms. The lowest BCUT2D eigenvalue weighted by atomic mass is 10.2. The molecule has 0 unspecified atom stereocenters. The standard InChI is InChI=1S/C18H22N6O/c1-2-20-18(21-10-9-17-4-3-11-25-17)22-12-15-5-7-16(8-6-15)24-14-19-13-23-24/h3-8,11,13-14H,2,9-10,12H2,1H3,(H2,20,21,22). The summed E-state index contributed by atoms with van der Waals surface area (Å²) >= 11 is 0. The van der Waals surface area contributed by atoms with E-state index in [1.165, 1.54) is 6.33 Å². The van der Waals surface area contributed by atoms with Gasteiger partial charge in [-0.1, -0.05) is 12.1 Å². The van der Waals surface area contributed by atoms with E-state index < -0.39 is 0 Å². The van der Waals surface area contributed by atoms with E-state index in [1.54, 1.807) is 17.3 Å². The van der Waals surface area contributed by atoms with Gasteiger partial charge in [0.25, 0.3) is 0 Å². The highest BCUT2D eigenvalue weighted by molar-refractivity contribution is 5.79. The third-order valence-electron chi connectivity index (χ3n) is 3.63. The molecule has 25 heavy (non-hydrogen) atoms. The number of nitrogens with zero attached hydrogens (tertiary/aromatic N) is 4. The molecule has 2 N–H and O–H groups in total. The first-order valence-corrected chi connectivity index (χ1v) is 8.33. The molecule has 2 heterocycles. The molecular weight excluding hydrogens is 316 g/mol. The van der Waals surface area contributed by atoms with Gasteiger partial charge in [-0.2, -0.15) is 5.10 Å². The number of furan rings is 1. The average molecular weight is 338 g/mol. The minimum absolute atomic E-state index is 0.605. The maximum absolute atomic E-state index is 5.33. The fourth-order valence-electron chi connectivity index (χ4n) is 2.37. The number of rotatable bonds is 7. The molecule has 0 aliphatic heterocycles.